The summed E-state index contributed by atoms with van der Waals surface area (Å²) < 4.78 is 21.1. The maximum atomic E-state index is 7.22. The molecule has 0 saturated heterocycles. The Morgan fingerprint density at radius 3 is 1.59 bits per heavy atom. The molecule has 1 aliphatic heterocycles. The Balaban J connectivity index is 0.961. The number of fused-ring (bicyclic) bond motifs is 6. The van der Waals surface area contributed by atoms with Crippen molar-refractivity contribution < 1.29 is 13.6 Å². The van der Waals surface area contributed by atoms with Crippen LogP contribution in [0.1, 0.15) is 0 Å². The lowest BCUT2D eigenvalue weighted by molar-refractivity contribution is 0.493. The van der Waals surface area contributed by atoms with Gasteiger partial charge in [0.2, 0.25) is 0 Å². The minimum atomic E-state index is 0.802. The molecule has 0 aliphatic carbocycles. The lowest BCUT2D eigenvalue weighted by atomic mass is 9.91. The molecule has 71 heavy (non-hydrogen) atoms. The first-order valence-electron chi connectivity index (χ1n) is 24.1. The van der Waals surface area contributed by atoms with Gasteiger partial charge in [-0.05, 0) is 76.5 Å². The molecule has 1 aliphatic rings. The molecule has 0 N–H and O–H groups in total. The van der Waals surface area contributed by atoms with Crippen molar-refractivity contribution in [1.29, 1.82) is 0 Å². The number of ether oxygens (including phenoxy) is 1. The van der Waals surface area contributed by atoms with Gasteiger partial charge in [0.1, 0.15) is 22.7 Å². The van der Waals surface area contributed by atoms with E-state index in [9.17, 15) is 0 Å². The molecule has 0 bridgehead atoms. The molecular weight excluding hydrogens is 869 g/mol. The van der Waals surface area contributed by atoms with Crippen LogP contribution in [0.4, 0.5) is 34.1 Å². The van der Waals surface area contributed by atoms with E-state index >= 15 is 0 Å². The topological polar surface area (TPSA) is 42.0 Å². The number of nitrogens with zero attached hydrogens (tertiary/aromatic N) is 2. The fourth-order valence-electron chi connectivity index (χ4n) is 11.3. The molecule has 0 fully saturated rings. The zero-order chi connectivity index (χ0) is 46.6. The van der Waals surface area contributed by atoms with Crippen LogP contribution in [0.5, 0.6) is 11.5 Å². The molecular formula is C66H40N2O3. The number of rotatable bonds is 8. The number of furan rings is 2. The van der Waals surface area contributed by atoms with Gasteiger partial charge in [-0.15, -0.1) is 0 Å². The quantitative estimate of drug-likeness (QED) is 0.142. The lowest BCUT2D eigenvalue weighted by Crippen LogP contribution is -2.12. The molecule has 14 aromatic rings. The van der Waals surface area contributed by atoms with E-state index in [0.29, 0.717) is 0 Å². The zero-order valence-electron chi connectivity index (χ0n) is 38.2. The summed E-state index contributed by atoms with van der Waals surface area (Å²) in [4.78, 5) is 4.70. The summed E-state index contributed by atoms with van der Waals surface area (Å²) in [6.45, 7) is 0. The Morgan fingerprint density at radius 1 is 0.282 bits per heavy atom. The number of anilines is 6. The predicted octanol–water partition coefficient (Wildman–Crippen LogP) is 19.3. The van der Waals surface area contributed by atoms with Crippen molar-refractivity contribution in [3.63, 3.8) is 0 Å². The van der Waals surface area contributed by atoms with Crippen molar-refractivity contribution in [2.24, 2.45) is 0 Å². The van der Waals surface area contributed by atoms with E-state index in [1.54, 1.807) is 0 Å². The van der Waals surface area contributed by atoms with Gasteiger partial charge in [0.15, 0.2) is 11.2 Å². The summed E-state index contributed by atoms with van der Waals surface area (Å²) in [5.74, 6) is 1.61. The van der Waals surface area contributed by atoms with E-state index in [1.165, 1.54) is 5.39 Å². The molecule has 0 unspecified atom stereocenters. The third kappa shape index (κ3) is 6.00. The van der Waals surface area contributed by atoms with E-state index < -0.39 is 0 Å². The first-order chi connectivity index (χ1) is 35.2. The predicted molar refractivity (Wildman–Crippen MR) is 294 cm³/mol. The van der Waals surface area contributed by atoms with Crippen LogP contribution < -0.4 is 14.5 Å². The summed E-state index contributed by atoms with van der Waals surface area (Å²) in [5, 5.41) is 10.9. The number of para-hydroxylation sites is 6. The van der Waals surface area contributed by atoms with Gasteiger partial charge in [0.25, 0.3) is 0 Å². The van der Waals surface area contributed by atoms with Gasteiger partial charge in [-0.2, -0.15) is 0 Å². The molecule has 5 nitrogen and oxygen atoms in total. The van der Waals surface area contributed by atoms with Crippen LogP contribution in [-0.4, -0.2) is 0 Å². The average Bonchev–Trinajstić information content (AvgIpc) is 4.02. The van der Waals surface area contributed by atoms with Crippen molar-refractivity contribution in [2.45, 2.75) is 0 Å². The Morgan fingerprint density at radius 2 is 0.817 bits per heavy atom. The maximum Gasteiger partial charge on any atom is 0.159 e. The lowest BCUT2D eigenvalue weighted by Gasteiger charge is -2.31. The molecule has 0 saturated carbocycles. The molecule has 15 rings (SSSR count). The minimum Gasteiger partial charge on any atom is -0.456 e. The van der Waals surface area contributed by atoms with Crippen LogP contribution in [0.3, 0.4) is 0 Å². The molecule has 0 spiro atoms. The fraction of sp³-hybridized carbons (Fsp3) is 0. The highest BCUT2D eigenvalue weighted by molar-refractivity contribution is 6.29. The number of hydrogen-bond donors (Lipinski definition) is 0. The highest BCUT2D eigenvalue weighted by Crippen LogP contribution is 2.55. The summed E-state index contributed by atoms with van der Waals surface area (Å²) in [6, 6.07) is 85.8. The first kappa shape index (κ1) is 39.4. The Hall–Kier alpha value is -9.58. The molecule has 5 heteroatoms. The first-order valence-corrected chi connectivity index (χ1v) is 24.1. The van der Waals surface area contributed by atoms with Gasteiger partial charge in [0, 0.05) is 66.0 Å². The molecule has 332 valence electrons. The van der Waals surface area contributed by atoms with Gasteiger partial charge in [-0.1, -0.05) is 182 Å². The monoisotopic (exact) mass is 908 g/mol. The van der Waals surface area contributed by atoms with Crippen molar-refractivity contribution >= 4 is 110 Å². The van der Waals surface area contributed by atoms with Gasteiger partial charge >= 0.3 is 0 Å². The molecule has 0 atom stereocenters. The molecule has 12 aromatic carbocycles. The van der Waals surface area contributed by atoms with Gasteiger partial charge in [-0.25, -0.2) is 0 Å². The summed E-state index contributed by atoms with van der Waals surface area (Å²) >= 11 is 0. The summed E-state index contributed by atoms with van der Waals surface area (Å²) in [7, 11) is 0. The normalized spacial score (nSPS) is 12.1. The standard InChI is InChI=1S/C66H40N2O3/c1-4-18-41(19-5-1)47-24-10-12-31-54(47)68(55-32-15-28-50-49-25-11-13-34-58(49)70-65(50)55)46-38-43-36-37-44-39-57(53-30-17-35-59-63(53)62(44)61(43)60(40-46)69-59)67(45-22-8-3-9-23-45)56-33-16-29-52-51-27-14-26-48(64(51)71-66(52)56)42-20-6-2-7-21-42/h1-40H. The summed E-state index contributed by atoms with van der Waals surface area (Å²) in [6.07, 6.45) is 0. The highest BCUT2D eigenvalue weighted by atomic mass is 16.5. The van der Waals surface area contributed by atoms with Crippen LogP contribution in [0.2, 0.25) is 0 Å². The molecule has 0 amide bonds. The Kier molecular flexibility index (Phi) is 8.59. The zero-order valence-corrected chi connectivity index (χ0v) is 38.2. The third-order valence-electron chi connectivity index (χ3n) is 14.4. The largest absolute Gasteiger partial charge is 0.456 e. The van der Waals surface area contributed by atoms with Crippen molar-refractivity contribution in [3.8, 4) is 33.8 Å². The second-order valence-electron chi connectivity index (χ2n) is 18.3. The molecule has 2 aromatic heterocycles. The van der Waals surface area contributed by atoms with Crippen LogP contribution in [0.25, 0.3) is 98.4 Å². The van der Waals surface area contributed by atoms with Crippen molar-refractivity contribution in [3.05, 3.63) is 243 Å². The van der Waals surface area contributed by atoms with E-state index in [4.69, 9.17) is 13.6 Å². The van der Waals surface area contributed by atoms with Gasteiger partial charge < -0.3 is 23.4 Å². The molecule has 0 radical (unpaired) electrons. The van der Waals surface area contributed by atoms with E-state index in [2.05, 4.69) is 240 Å². The molecule has 3 heterocycles. The second kappa shape index (κ2) is 15.5. The van der Waals surface area contributed by atoms with E-state index in [0.717, 1.165) is 139 Å². The average molecular weight is 909 g/mol. The maximum absolute atomic E-state index is 7.22. The van der Waals surface area contributed by atoms with E-state index in [-0.39, 0.29) is 0 Å². The SMILES string of the molecule is c1ccc(-c2ccccc2N(c2cc3c4c(ccc5cc(N(c6ccccc6)c6cccc7c6oc6c(-c8ccccc8)cccc67)c6cccc(c6c54)O3)c2)c2cccc3c2oc2ccccc23)cc1. The van der Waals surface area contributed by atoms with Gasteiger partial charge in [0.05, 0.1) is 28.4 Å². The Bertz CT molecular complexity index is 4440. The number of hydrogen-bond acceptors (Lipinski definition) is 5. The van der Waals surface area contributed by atoms with E-state index in [1.807, 2.05) is 12.1 Å². The van der Waals surface area contributed by atoms with Crippen LogP contribution >= 0.6 is 0 Å². The third-order valence-corrected chi connectivity index (χ3v) is 14.4. The van der Waals surface area contributed by atoms with Crippen LogP contribution in [-0.2, 0) is 0 Å². The Labute approximate surface area is 408 Å². The van der Waals surface area contributed by atoms with Crippen molar-refractivity contribution in [1.82, 2.24) is 0 Å². The van der Waals surface area contributed by atoms with Crippen LogP contribution in [0.15, 0.2) is 251 Å². The summed E-state index contributed by atoms with van der Waals surface area (Å²) in [5.41, 5.74) is 13.7. The highest BCUT2D eigenvalue weighted by Gasteiger charge is 2.29. The van der Waals surface area contributed by atoms with Gasteiger partial charge in [-0.3, -0.25) is 0 Å². The van der Waals surface area contributed by atoms with Crippen molar-refractivity contribution in [2.75, 3.05) is 9.80 Å². The smallest absolute Gasteiger partial charge is 0.159 e. The second-order valence-corrected chi connectivity index (χ2v) is 18.3. The minimum absolute atomic E-state index is 0.802. The number of benzene rings is 12. The fourth-order valence-corrected chi connectivity index (χ4v) is 11.3. The van der Waals surface area contributed by atoms with Crippen LogP contribution in [0, 0.1) is 0 Å².